The second-order valence-electron chi connectivity index (χ2n) is 8.82. The van der Waals surface area contributed by atoms with E-state index in [1.165, 1.54) is 10.8 Å². The Bertz CT molecular complexity index is 816. The fourth-order valence-electron chi connectivity index (χ4n) is 4.42. The number of carbonyl (C=O) groups excluding carboxylic acids is 1. The molecule has 5 atom stereocenters. The number of nitrogens with zero attached hydrogens (tertiary/aromatic N) is 2. The van der Waals surface area contributed by atoms with Crippen LogP contribution in [0.15, 0.2) is 11.0 Å². The van der Waals surface area contributed by atoms with Gasteiger partial charge in [-0.3, -0.25) is 9.36 Å². The summed E-state index contributed by atoms with van der Waals surface area (Å²) >= 11 is 0. The van der Waals surface area contributed by atoms with Gasteiger partial charge in [-0.05, 0) is 26.2 Å². The fourth-order valence-corrected chi connectivity index (χ4v) is 4.42. The minimum absolute atomic E-state index is 0.0708. The number of aliphatic hydroxyl groups is 2. The smallest absolute Gasteiger partial charge is 0.351 e. The lowest BCUT2D eigenvalue weighted by atomic mass is 9.85. The van der Waals surface area contributed by atoms with Crippen LogP contribution in [0.5, 0.6) is 0 Å². The van der Waals surface area contributed by atoms with E-state index < -0.39 is 36.1 Å². The second kappa shape index (κ2) is 11.9. The van der Waals surface area contributed by atoms with Gasteiger partial charge in [0.25, 0.3) is 0 Å². The third-order valence-corrected chi connectivity index (χ3v) is 6.37. The molecule has 10 heteroatoms. The first-order valence-electron chi connectivity index (χ1n) is 11.5. The van der Waals surface area contributed by atoms with Gasteiger partial charge >= 0.3 is 5.69 Å². The number of anilines is 1. The lowest BCUT2D eigenvalue weighted by Gasteiger charge is -2.37. The standard InChI is InChI=1S/C22H39N5O5/c1-3-4-7-15(24)8-5-6-9-17(29)16(11-23)22(10-18(30)19(13-28)32-22)27-12-14(2)20(25)26-21(27)31/h12,15-16,18-19,28,30H,3-11,13,23-24H2,1-2H3,(H2,25,26,31)/t15?,16?,18-,19+,22-/m0/s1. The van der Waals surface area contributed by atoms with Crippen molar-refractivity contribution in [2.75, 3.05) is 18.9 Å². The predicted octanol–water partition coefficient (Wildman–Crippen LogP) is 0.151. The van der Waals surface area contributed by atoms with Crippen molar-refractivity contribution >= 4 is 11.6 Å². The third kappa shape index (κ3) is 5.93. The van der Waals surface area contributed by atoms with E-state index >= 15 is 0 Å². The summed E-state index contributed by atoms with van der Waals surface area (Å²) in [5, 5.41) is 20.1. The highest BCUT2D eigenvalue weighted by Gasteiger charge is 2.54. The maximum Gasteiger partial charge on any atom is 0.351 e. The first-order valence-corrected chi connectivity index (χ1v) is 11.5. The average Bonchev–Trinajstić information content (AvgIpc) is 3.09. The number of carbonyl (C=O) groups is 1. The topological polar surface area (TPSA) is 180 Å². The molecule has 0 amide bonds. The van der Waals surface area contributed by atoms with Crippen LogP contribution in [0.1, 0.15) is 63.9 Å². The monoisotopic (exact) mass is 453 g/mol. The Hall–Kier alpha value is -1.85. The van der Waals surface area contributed by atoms with E-state index in [-0.39, 0.29) is 37.0 Å². The van der Waals surface area contributed by atoms with Crippen molar-refractivity contribution in [3.63, 3.8) is 0 Å². The number of ether oxygens (including phenoxy) is 1. The van der Waals surface area contributed by atoms with Crippen LogP contribution in [0.25, 0.3) is 0 Å². The molecule has 10 nitrogen and oxygen atoms in total. The van der Waals surface area contributed by atoms with Gasteiger partial charge in [0, 0.05) is 37.2 Å². The van der Waals surface area contributed by atoms with Crippen molar-refractivity contribution in [2.24, 2.45) is 17.4 Å². The van der Waals surface area contributed by atoms with Crippen LogP contribution in [-0.2, 0) is 15.3 Å². The fraction of sp³-hybridized carbons (Fsp3) is 0.773. The highest BCUT2D eigenvalue weighted by molar-refractivity contribution is 5.82. The molecule has 0 aromatic carbocycles. The molecule has 0 radical (unpaired) electrons. The van der Waals surface area contributed by atoms with Crippen LogP contribution in [-0.4, -0.2) is 56.9 Å². The normalized spacial score (nSPS) is 25.1. The third-order valence-electron chi connectivity index (χ3n) is 6.37. The molecule has 1 aliphatic heterocycles. The van der Waals surface area contributed by atoms with Crippen LogP contribution in [0.2, 0.25) is 0 Å². The number of hydrogen-bond acceptors (Lipinski definition) is 9. The van der Waals surface area contributed by atoms with E-state index in [1.807, 2.05) is 0 Å². The van der Waals surface area contributed by atoms with Crippen molar-refractivity contribution in [3.05, 3.63) is 22.2 Å². The van der Waals surface area contributed by atoms with Crippen molar-refractivity contribution < 1.29 is 19.7 Å². The van der Waals surface area contributed by atoms with Gasteiger partial charge in [-0.1, -0.05) is 26.2 Å². The van der Waals surface area contributed by atoms with Gasteiger partial charge in [0.05, 0.1) is 18.6 Å². The largest absolute Gasteiger partial charge is 0.394 e. The molecule has 0 spiro atoms. The zero-order valence-corrected chi connectivity index (χ0v) is 19.2. The number of rotatable bonds is 13. The van der Waals surface area contributed by atoms with Gasteiger partial charge in [-0.25, -0.2) is 4.79 Å². The lowest BCUT2D eigenvalue weighted by molar-refractivity contribution is -0.164. The minimum atomic E-state index is -1.54. The lowest BCUT2D eigenvalue weighted by Crippen LogP contribution is -2.53. The van der Waals surface area contributed by atoms with Crippen molar-refractivity contribution in [2.45, 2.75) is 89.2 Å². The van der Waals surface area contributed by atoms with E-state index in [4.69, 9.17) is 21.9 Å². The molecule has 2 heterocycles. The second-order valence-corrected chi connectivity index (χ2v) is 8.82. The van der Waals surface area contributed by atoms with Crippen molar-refractivity contribution in [1.29, 1.82) is 0 Å². The maximum atomic E-state index is 13.2. The molecule has 1 aromatic heterocycles. The number of ketones is 1. The highest BCUT2D eigenvalue weighted by atomic mass is 16.6. The Morgan fingerprint density at radius 2 is 2.06 bits per heavy atom. The Morgan fingerprint density at radius 1 is 1.38 bits per heavy atom. The molecule has 2 rings (SSSR count). The van der Waals surface area contributed by atoms with Gasteiger partial charge in [0.2, 0.25) is 0 Å². The van der Waals surface area contributed by atoms with Gasteiger partial charge in [0.15, 0.2) is 5.72 Å². The Morgan fingerprint density at radius 3 is 2.66 bits per heavy atom. The summed E-state index contributed by atoms with van der Waals surface area (Å²) in [4.78, 5) is 29.8. The van der Waals surface area contributed by atoms with Crippen molar-refractivity contribution in [1.82, 2.24) is 9.55 Å². The molecule has 0 aliphatic carbocycles. The maximum absolute atomic E-state index is 13.2. The first kappa shape index (κ1) is 26.4. The van der Waals surface area contributed by atoms with Crippen molar-refractivity contribution in [3.8, 4) is 0 Å². The number of hydrogen-bond donors (Lipinski definition) is 5. The SMILES string of the molecule is CCCCC(N)CCCCC(=O)C(CN)[C@]1(n2cc(C)c(N)nc2=O)C[C@H](O)[C@@H](CO)O1. The summed E-state index contributed by atoms with van der Waals surface area (Å²) in [6, 6.07) is 0.128. The molecule has 2 unspecified atom stereocenters. The molecule has 182 valence electrons. The predicted molar refractivity (Wildman–Crippen MR) is 122 cm³/mol. The molecule has 8 N–H and O–H groups in total. The van der Waals surface area contributed by atoms with Gasteiger partial charge in [0.1, 0.15) is 17.7 Å². The number of nitrogen functional groups attached to an aromatic ring is 1. The molecular weight excluding hydrogens is 414 g/mol. The van der Waals surface area contributed by atoms with E-state index in [0.29, 0.717) is 12.0 Å². The molecule has 0 saturated carbocycles. The Kier molecular flexibility index (Phi) is 9.78. The van der Waals surface area contributed by atoms with Gasteiger partial charge < -0.3 is 32.2 Å². The zero-order valence-electron chi connectivity index (χ0n) is 19.2. The number of aromatic nitrogens is 2. The molecule has 0 bridgehead atoms. The molecule has 1 aromatic rings. The molecule has 1 saturated heterocycles. The van der Waals surface area contributed by atoms with E-state index in [9.17, 15) is 19.8 Å². The van der Waals surface area contributed by atoms with E-state index in [0.717, 1.165) is 32.1 Å². The summed E-state index contributed by atoms with van der Waals surface area (Å²) in [5.41, 5.74) is 16.2. The quantitative estimate of drug-likeness (QED) is 0.260. The molecule has 1 fully saturated rings. The molecular formula is C22H39N5O5. The van der Waals surface area contributed by atoms with E-state index in [1.54, 1.807) is 6.92 Å². The zero-order chi connectivity index (χ0) is 23.9. The van der Waals surface area contributed by atoms with Crippen LogP contribution in [0.4, 0.5) is 5.82 Å². The van der Waals surface area contributed by atoms with Crippen LogP contribution in [0.3, 0.4) is 0 Å². The van der Waals surface area contributed by atoms with Gasteiger partial charge in [-0.15, -0.1) is 0 Å². The molecule has 32 heavy (non-hydrogen) atoms. The summed E-state index contributed by atoms with van der Waals surface area (Å²) in [6.07, 6.45) is 5.10. The number of aliphatic hydroxyl groups excluding tert-OH is 2. The average molecular weight is 454 g/mol. The van der Waals surface area contributed by atoms with Crippen LogP contribution >= 0.6 is 0 Å². The Balaban J connectivity index is 2.24. The minimum Gasteiger partial charge on any atom is -0.394 e. The number of aryl methyl sites for hydroxylation is 1. The number of unbranched alkanes of at least 4 members (excludes halogenated alkanes) is 2. The number of nitrogens with two attached hydrogens (primary N) is 3. The van der Waals surface area contributed by atoms with Crippen LogP contribution < -0.4 is 22.9 Å². The summed E-state index contributed by atoms with van der Waals surface area (Å²) in [6.45, 7) is 3.26. The van der Waals surface area contributed by atoms with Gasteiger partial charge in [-0.2, -0.15) is 4.98 Å². The first-order chi connectivity index (χ1) is 15.2. The van der Waals surface area contributed by atoms with E-state index in [2.05, 4.69) is 11.9 Å². The van der Waals surface area contributed by atoms with Crippen LogP contribution in [0, 0.1) is 12.8 Å². The Labute approximate surface area is 189 Å². The summed E-state index contributed by atoms with van der Waals surface area (Å²) in [5.74, 6) is -0.986. The highest BCUT2D eigenvalue weighted by Crippen LogP contribution is 2.41. The molecule has 1 aliphatic rings. The summed E-state index contributed by atoms with van der Waals surface area (Å²) < 4.78 is 7.20. The number of Topliss-reactive ketones (excluding diaryl/α,β-unsaturated/α-hetero) is 1. The summed E-state index contributed by atoms with van der Waals surface area (Å²) in [7, 11) is 0.